The number of carbonyl (C=O) groups is 1. The van der Waals surface area contributed by atoms with Gasteiger partial charge in [-0.25, -0.2) is 4.79 Å². The van der Waals surface area contributed by atoms with E-state index in [2.05, 4.69) is 0 Å². The monoisotopic (exact) mass is 232 g/mol. The average Bonchev–Trinajstić information content (AvgIpc) is 2.72. The largest absolute Gasteiger partial charge is 0.497 e. The number of hydrogen-bond acceptors (Lipinski definition) is 3. The zero-order valence-electron chi connectivity index (χ0n) is 10.2. The van der Waals surface area contributed by atoms with Crippen molar-refractivity contribution in [3.8, 4) is 5.75 Å². The molecule has 0 saturated heterocycles. The van der Waals surface area contributed by atoms with Gasteiger partial charge in [-0.1, -0.05) is 6.07 Å². The minimum absolute atomic E-state index is 0.258. The van der Waals surface area contributed by atoms with Crippen molar-refractivity contribution in [3.63, 3.8) is 0 Å². The van der Waals surface area contributed by atoms with Crippen LogP contribution in [0.15, 0.2) is 24.3 Å². The quantitative estimate of drug-likeness (QED) is 0.593. The predicted octanol–water partition coefficient (Wildman–Crippen LogP) is 2.59. The Labute approximate surface area is 101 Å². The number of allylic oxidation sites excluding steroid dienone is 1. The van der Waals surface area contributed by atoms with Crippen molar-refractivity contribution in [2.24, 2.45) is 0 Å². The zero-order valence-corrected chi connectivity index (χ0v) is 10.2. The Kier molecular flexibility index (Phi) is 3.47. The molecule has 3 heteroatoms. The number of methoxy groups -OCH3 is 1. The van der Waals surface area contributed by atoms with Crippen LogP contribution in [0.3, 0.4) is 0 Å². The van der Waals surface area contributed by atoms with Crippen molar-refractivity contribution < 1.29 is 14.3 Å². The van der Waals surface area contributed by atoms with E-state index in [0.717, 1.165) is 29.7 Å². The predicted molar refractivity (Wildman–Crippen MR) is 65.9 cm³/mol. The SMILES string of the molecule is CCOC(=O)C=C1CCc2cc(OC)ccc21. The number of fused-ring (bicyclic) bond motifs is 1. The molecule has 0 saturated carbocycles. The van der Waals surface area contributed by atoms with Gasteiger partial charge >= 0.3 is 5.97 Å². The van der Waals surface area contributed by atoms with E-state index in [1.165, 1.54) is 5.56 Å². The van der Waals surface area contributed by atoms with Crippen molar-refractivity contribution in [2.75, 3.05) is 13.7 Å². The van der Waals surface area contributed by atoms with Gasteiger partial charge in [0.15, 0.2) is 0 Å². The highest BCUT2D eigenvalue weighted by Gasteiger charge is 2.17. The molecule has 0 bridgehead atoms. The summed E-state index contributed by atoms with van der Waals surface area (Å²) in [4.78, 5) is 11.4. The molecule has 0 N–H and O–H groups in total. The third-order valence-corrected chi connectivity index (χ3v) is 2.90. The lowest BCUT2D eigenvalue weighted by Crippen LogP contribution is -2.00. The van der Waals surface area contributed by atoms with Crippen LogP contribution in [0, 0.1) is 0 Å². The molecule has 1 aromatic rings. The summed E-state index contributed by atoms with van der Waals surface area (Å²) in [6, 6.07) is 5.96. The number of esters is 1. The molecule has 0 aromatic heterocycles. The number of ether oxygens (including phenoxy) is 2. The van der Waals surface area contributed by atoms with Gasteiger partial charge in [-0.15, -0.1) is 0 Å². The van der Waals surface area contributed by atoms with Crippen molar-refractivity contribution >= 4 is 11.5 Å². The standard InChI is InChI=1S/C14H16O3/c1-3-17-14(15)9-11-5-4-10-8-12(16-2)6-7-13(10)11/h6-9H,3-5H2,1-2H3. The van der Waals surface area contributed by atoms with Crippen LogP contribution in [-0.4, -0.2) is 19.7 Å². The summed E-state index contributed by atoms with van der Waals surface area (Å²) in [5, 5.41) is 0. The molecular weight excluding hydrogens is 216 g/mol. The fourth-order valence-electron chi connectivity index (χ4n) is 2.10. The highest BCUT2D eigenvalue weighted by molar-refractivity contribution is 5.93. The third kappa shape index (κ3) is 2.49. The molecule has 90 valence electrons. The van der Waals surface area contributed by atoms with Crippen LogP contribution in [0.5, 0.6) is 5.75 Å². The molecule has 0 atom stereocenters. The van der Waals surface area contributed by atoms with Gasteiger partial charge in [-0.05, 0) is 48.6 Å². The normalized spacial score (nSPS) is 15.8. The molecule has 17 heavy (non-hydrogen) atoms. The van der Waals surface area contributed by atoms with E-state index < -0.39 is 0 Å². The maximum absolute atomic E-state index is 11.4. The fraction of sp³-hybridized carbons (Fsp3) is 0.357. The van der Waals surface area contributed by atoms with Gasteiger partial charge in [-0.3, -0.25) is 0 Å². The van der Waals surface area contributed by atoms with Crippen LogP contribution in [-0.2, 0) is 16.0 Å². The Balaban J connectivity index is 2.25. The smallest absolute Gasteiger partial charge is 0.331 e. The number of rotatable bonds is 3. The molecule has 0 spiro atoms. The number of aryl methyl sites for hydroxylation is 1. The van der Waals surface area contributed by atoms with E-state index >= 15 is 0 Å². The maximum Gasteiger partial charge on any atom is 0.331 e. The highest BCUT2D eigenvalue weighted by atomic mass is 16.5. The Morgan fingerprint density at radius 1 is 1.41 bits per heavy atom. The summed E-state index contributed by atoms with van der Waals surface area (Å²) >= 11 is 0. The van der Waals surface area contributed by atoms with E-state index in [1.807, 2.05) is 25.1 Å². The van der Waals surface area contributed by atoms with E-state index in [1.54, 1.807) is 13.2 Å². The van der Waals surface area contributed by atoms with Gasteiger partial charge in [0.25, 0.3) is 0 Å². The third-order valence-electron chi connectivity index (χ3n) is 2.90. The Hall–Kier alpha value is -1.77. The fourth-order valence-corrected chi connectivity index (χ4v) is 2.10. The first-order valence-corrected chi connectivity index (χ1v) is 5.79. The van der Waals surface area contributed by atoms with Crippen molar-refractivity contribution in [1.29, 1.82) is 0 Å². The lowest BCUT2D eigenvalue weighted by molar-refractivity contribution is -0.137. The number of benzene rings is 1. The van der Waals surface area contributed by atoms with Gasteiger partial charge in [0, 0.05) is 6.08 Å². The van der Waals surface area contributed by atoms with E-state index in [4.69, 9.17) is 9.47 Å². The Bertz CT molecular complexity index is 461. The maximum atomic E-state index is 11.4. The summed E-state index contributed by atoms with van der Waals surface area (Å²) in [6.07, 6.45) is 3.45. The van der Waals surface area contributed by atoms with E-state index in [9.17, 15) is 4.79 Å². The van der Waals surface area contributed by atoms with Crippen LogP contribution >= 0.6 is 0 Å². The molecule has 1 aliphatic rings. The molecule has 2 rings (SSSR count). The Morgan fingerprint density at radius 3 is 2.94 bits per heavy atom. The molecule has 1 aromatic carbocycles. The second-order valence-electron chi connectivity index (χ2n) is 3.94. The van der Waals surface area contributed by atoms with Gasteiger partial charge in [-0.2, -0.15) is 0 Å². The number of carbonyl (C=O) groups excluding carboxylic acids is 1. The summed E-state index contributed by atoms with van der Waals surface area (Å²) < 4.78 is 10.1. The Morgan fingerprint density at radius 2 is 2.24 bits per heavy atom. The van der Waals surface area contributed by atoms with E-state index in [-0.39, 0.29) is 5.97 Å². The lowest BCUT2D eigenvalue weighted by atomic mass is 10.1. The van der Waals surface area contributed by atoms with Gasteiger partial charge in [0.1, 0.15) is 5.75 Å². The average molecular weight is 232 g/mol. The molecular formula is C14H16O3. The van der Waals surface area contributed by atoms with Crippen LogP contribution in [0.1, 0.15) is 24.5 Å². The van der Waals surface area contributed by atoms with Crippen LogP contribution < -0.4 is 4.74 Å². The highest BCUT2D eigenvalue weighted by Crippen LogP contribution is 2.34. The first-order valence-electron chi connectivity index (χ1n) is 5.79. The lowest BCUT2D eigenvalue weighted by Gasteiger charge is -2.04. The minimum Gasteiger partial charge on any atom is -0.497 e. The summed E-state index contributed by atoms with van der Waals surface area (Å²) in [7, 11) is 1.66. The van der Waals surface area contributed by atoms with Crippen LogP contribution in [0.2, 0.25) is 0 Å². The second-order valence-corrected chi connectivity index (χ2v) is 3.94. The first-order chi connectivity index (χ1) is 8.24. The molecule has 1 aliphatic carbocycles. The molecule has 0 unspecified atom stereocenters. The van der Waals surface area contributed by atoms with Crippen molar-refractivity contribution in [2.45, 2.75) is 19.8 Å². The van der Waals surface area contributed by atoms with Crippen LogP contribution in [0.25, 0.3) is 5.57 Å². The van der Waals surface area contributed by atoms with Gasteiger partial charge < -0.3 is 9.47 Å². The molecule has 0 amide bonds. The summed E-state index contributed by atoms with van der Waals surface area (Å²) in [5.41, 5.74) is 3.43. The zero-order chi connectivity index (χ0) is 12.3. The molecule has 0 fully saturated rings. The summed E-state index contributed by atoms with van der Waals surface area (Å²) in [6.45, 7) is 2.22. The second kappa shape index (κ2) is 5.04. The number of hydrogen-bond donors (Lipinski definition) is 0. The minimum atomic E-state index is -0.258. The van der Waals surface area contributed by atoms with Crippen molar-refractivity contribution in [1.82, 2.24) is 0 Å². The van der Waals surface area contributed by atoms with Gasteiger partial charge in [0.2, 0.25) is 0 Å². The van der Waals surface area contributed by atoms with Crippen molar-refractivity contribution in [3.05, 3.63) is 35.4 Å². The van der Waals surface area contributed by atoms with Crippen LogP contribution in [0.4, 0.5) is 0 Å². The molecule has 0 aliphatic heterocycles. The topological polar surface area (TPSA) is 35.5 Å². The molecule has 3 nitrogen and oxygen atoms in total. The molecule has 0 radical (unpaired) electrons. The van der Waals surface area contributed by atoms with Gasteiger partial charge in [0.05, 0.1) is 13.7 Å². The summed E-state index contributed by atoms with van der Waals surface area (Å²) in [5.74, 6) is 0.604. The molecule has 0 heterocycles. The van der Waals surface area contributed by atoms with E-state index in [0.29, 0.717) is 6.61 Å². The first kappa shape index (κ1) is 11.7.